The monoisotopic (exact) mass is 394 g/mol. The Morgan fingerprint density at radius 1 is 1.15 bits per heavy atom. The van der Waals surface area contributed by atoms with Crippen LogP contribution >= 0.6 is 11.6 Å². The molecule has 0 radical (unpaired) electrons. The average Bonchev–Trinajstić information content (AvgIpc) is 2.58. The van der Waals surface area contributed by atoms with E-state index in [9.17, 15) is 9.59 Å². The molecule has 7 heteroatoms. The summed E-state index contributed by atoms with van der Waals surface area (Å²) in [5.74, 6) is 0.102. The van der Waals surface area contributed by atoms with Crippen molar-refractivity contribution in [2.24, 2.45) is 0 Å². The lowest BCUT2D eigenvalue weighted by Gasteiger charge is -2.35. The third kappa shape index (κ3) is 7.13. The molecule has 0 aromatic heterocycles. The van der Waals surface area contributed by atoms with E-state index in [0.29, 0.717) is 37.7 Å². The number of halogens is 1. The van der Waals surface area contributed by atoms with Crippen molar-refractivity contribution in [1.82, 2.24) is 20.4 Å². The molecule has 150 valence electrons. The van der Waals surface area contributed by atoms with Crippen LogP contribution in [0.2, 0.25) is 5.02 Å². The molecule has 1 aliphatic heterocycles. The van der Waals surface area contributed by atoms with E-state index >= 15 is 0 Å². The van der Waals surface area contributed by atoms with Gasteiger partial charge >= 0.3 is 0 Å². The van der Waals surface area contributed by atoms with Crippen molar-refractivity contribution >= 4 is 23.4 Å². The molecular formula is C20H31ClN4O2. The molecule has 0 aliphatic carbocycles. The molecule has 1 fully saturated rings. The van der Waals surface area contributed by atoms with Crippen LogP contribution in [0, 0.1) is 0 Å². The van der Waals surface area contributed by atoms with Crippen molar-refractivity contribution < 1.29 is 9.59 Å². The van der Waals surface area contributed by atoms with Crippen LogP contribution in [-0.4, -0.2) is 66.4 Å². The molecule has 2 amide bonds. The van der Waals surface area contributed by atoms with Gasteiger partial charge in [-0.25, -0.2) is 0 Å². The molecule has 1 aliphatic rings. The second-order valence-electron chi connectivity index (χ2n) is 8.08. The molecule has 1 saturated heterocycles. The molecule has 1 atom stereocenters. The largest absolute Gasteiger partial charge is 0.350 e. The number of benzene rings is 1. The standard InChI is InChI=1S/C20H31ClN4O2/c1-15(16-7-5-6-8-17(16)21)22-13-19(27)25-11-9-24(10-12-25)14-18(26)23-20(2,3)4/h5-8,15,22H,9-14H2,1-4H3,(H,23,26)/t15-/m0/s1. The Hall–Kier alpha value is -1.63. The lowest BCUT2D eigenvalue weighted by Crippen LogP contribution is -2.54. The molecule has 2 rings (SSSR count). The van der Waals surface area contributed by atoms with E-state index in [1.165, 1.54) is 0 Å². The number of nitrogens with zero attached hydrogens (tertiary/aromatic N) is 2. The Kier molecular flexibility index (Phi) is 7.65. The number of piperazine rings is 1. The van der Waals surface area contributed by atoms with Gasteiger partial charge in [-0.1, -0.05) is 29.8 Å². The summed E-state index contributed by atoms with van der Waals surface area (Å²) in [6.45, 7) is 11.3. The minimum Gasteiger partial charge on any atom is -0.350 e. The molecule has 1 aromatic rings. The van der Waals surface area contributed by atoms with E-state index < -0.39 is 0 Å². The van der Waals surface area contributed by atoms with Gasteiger partial charge in [-0.2, -0.15) is 0 Å². The van der Waals surface area contributed by atoms with Gasteiger partial charge in [0.15, 0.2) is 0 Å². The molecule has 0 bridgehead atoms. The van der Waals surface area contributed by atoms with Crippen LogP contribution in [0.3, 0.4) is 0 Å². The number of hydrogen-bond donors (Lipinski definition) is 2. The number of amides is 2. The van der Waals surface area contributed by atoms with E-state index in [1.807, 2.05) is 56.9 Å². The highest BCUT2D eigenvalue weighted by molar-refractivity contribution is 6.31. The SMILES string of the molecule is C[C@H](NCC(=O)N1CCN(CC(=O)NC(C)(C)C)CC1)c1ccccc1Cl. The van der Waals surface area contributed by atoms with Gasteiger partial charge in [0, 0.05) is 42.8 Å². The van der Waals surface area contributed by atoms with Crippen molar-refractivity contribution in [3.63, 3.8) is 0 Å². The maximum Gasteiger partial charge on any atom is 0.236 e. The first-order chi connectivity index (χ1) is 12.7. The Morgan fingerprint density at radius 3 is 2.37 bits per heavy atom. The molecular weight excluding hydrogens is 364 g/mol. The van der Waals surface area contributed by atoms with Crippen LogP contribution in [0.15, 0.2) is 24.3 Å². The van der Waals surface area contributed by atoms with Crippen molar-refractivity contribution in [3.8, 4) is 0 Å². The molecule has 6 nitrogen and oxygen atoms in total. The Bertz CT molecular complexity index is 652. The summed E-state index contributed by atoms with van der Waals surface area (Å²) in [7, 11) is 0. The zero-order chi connectivity index (χ0) is 20.0. The molecule has 0 spiro atoms. The maximum atomic E-state index is 12.5. The zero-order valence-corrected chi connectivity index (χ0v) is 17.5. The third-order valence-corrected chi connectivity index (χ3v) is 4.88. The van der Waals surface area contributed by atoms with E-state index in [1.54, 1.807) is 0 Å². The first kappa shape index (κ1) is 21.7. The maximum absolute atomic E-state index is 12.5. The van der Waals surface area contributed by atoms with Gasteiger partial charge in [-0.05, 0) is 39.3 Å². The summed E-state index contributed by atoms with van der Waals surface area (Å²) in [5.41, 5.74) is 0.764. The summed E-state index contributed by atoms with van der Waals surface area (Å²) < 4.78 is 0. The van der Waals surface area contributed by atoms with Crippen LogP contribution in [-0.2, 0) is 9.59 Å². The van der Waals surface area contributed by atoms with E-state index in [4.69, 9.17) is 11.6 Å². The molecule has 2 N–H and O–H groups in total. The van der Waals surface area contributed by atoms with E-state index in [-0.39, 0.29) is 29.9 Å². The number of rotatable bonds is 6. The van der Waals surface area contributed by atoms with Gasteiger partial charge in [-0.15, -0.1) is 0 Å². The number of nitrogens with one attached hydrogen (secondary N) is 2. The molecule has 1 heterocycles. The first-order valence-corrected chi connectivity index (χ1v) is 9.82. The quantitative estimate of drug-likeness (QED) is 0.775. The fourth-order valence-corrected chi connectivity index (χ4v) is 3.40. The predicted octanol–water partition coefficient (Wildman–Crippen LogP) is 2.05. The van der Waals surface area contributed by atoms with Gasteiger partial charge in [0.1, 0.15) is 0 Å². The smallest absolute Gasteiger partial charge is 0.236 e. The summed E-state index contributed by atoms with van der Waals surface area (Å²) >= 11 is 6.21. The van der Waals surface area contributed by atoms with Gasteiger partial charge < -0.3 is 15.5 Å². The van der Waals surface area contributed by atoms with Crippen molar-refractivity contribution in [2.75, 3.05) is 39.3 Å². The lowest BCUT2D eigenvalue weighted by atomic mass is 10.1. The van der Waals surface area contributed by atoms with Crippen LogP contribution in [0.5, 0.6) is 0 Å². The highest BCUT2D eigenvalue weighted by atomic mass is 35.5. The number of hydrogen-bond acceptors (Lipinski definition) is 4. The normalized spacial score (nSPS) is 16.9. The minimum absolute atomic E-state index is 0.00466. The summed E-state index contributed by atoms with van der Waals surface area (Å²) in [5, 5.41) is 6.92. The minimum atomic E-state index is -0.223. The third-order valence-electron chi connectivity index (χ3n) is 4.54. The fourth-order valence-electron chi connectivity index (χ4n) is 3.10. The van der Waals surface area contributed by atoms with Crippen LogP contribution in [0.4, 0.5) is 0 Å². The van der Waals surface area contributed by atoms with Crippen molar-refractivity contribution in [1.29, 1.82) is 0 Å². The van der Waals surface area contributed by atoms with Crippen LogP contribution in [0.1, 0.15) is 39.3 Å². The summed E-state index contributed by atoms with van der Waals surface area (Å²) in [6, 6.07) is 7.66. The number of carbonyl (C=O) groups is 2. The molecule has 1 aromatic carbocycles. The average molecular weight is 395 g/mol. The Balaban J connectivity index is 1.73. The second kappa shape index (κ2) is 9.53. The molecule has 0 saturated carbocycles. The van der Waals surface area contributed by atoms with Crippen LogP contribution < -0.4 is 10.6 Å². The van der Waals surface area contributed by atoms with Crippen molar-refractivity contribution in [3.05, 3.63) is 34.9 Å². The van der Waals surface area contributed by atoms with Gasteiger partial charge in [0.05, 0.1) is 13.1 Å². The highest BCUT2D eigenvalue weighted by Crippen LogP contribution is 2.21. The van der Waals surface area contributed by atoms with Crippen molar-refractivity contribution in [2.45, 2.75) is 39.3 Å². The summed E-state index contributed by atoms with van der Waals surface area (Å²) in [6.07, 6.45) is 0. The lowest BCUT2D eigenvalue weighted by molar-refractivity contribution is -0.132. The summed E-state index contributed by atoms with van der Waals surface area (Å²) in [4.78, 5) is 28.4. The second-order valence-corrected chi connectivity index (χ2v) is 8.49. The van der Waals surface area contributed by atoms with Gasteiger partial charge in [-0.3, -0.25) is 14.5 Å². The van der Waals surface area contributed by atoms with Crippen LogP contribution in [0.25, 0.3) is 0 Å². The highest BCUT2D eigenvalue weighted by Gasteiger charge is 2.24. The van der Waals surface area contributed by atoms with E-state index in [2.05, 4.69) is 15.5 Å². The van der Waals surface area contributed by atoms with E-state index in [0.717, 1.165) is 5.56 Å². The fraction of sp³-hybridized carbons (Fsp3) is 0.600. The Labute approximate surface area is 167 Å². The Morgan fingerprint density at radius 2 is 1.78 bits per heavy atom. The zero-order valence-electron chi connectivity index (χ0n) is 16.7. The predicted molar refractivity (Wildman–Crippen MR) is 109 cm³/mol. The van der Waals surface area contributed by atoms with Gasteiger partial charge in [0.25, 0.3) is 0 Å². The first-order valence-electron chi connectivity index (χ1n) is 9.44. The topological polar surface area (TPSA) is 64.7 Å². The number of carbonyl (C=O) groups excluding carboxylic acids is 2. The molecule has 0 unspecified atom stereocenters. The molecule has 27 heavy (non-hydrogen) atoms. The van der Waals surface area contributed by atoms with Gasteiger partial charge in [0.2, 0.25) is 11.8 Å².